The highest BCUT2D eigenvalue weighted by atomic mass is 35.5. The van der Waals surface area contributed by atoms with Crippen LogP contribution in [0.1, 0.15) is 21.9 Å². The lowest BCUT2D eigenvalue weighted by atomic mass is 10.3. The van der Waals surface area contributed by atoms with E-state index in [-0.39, 0.29) is 18.3 Å². The number of carbonyl (C=O) groups excluding carboxylic acids is 1. The number of amides is 1. The van der Waals surface area contributed by atoms with Gasteiger partial charge >= 0.3 is 0 Å². The van der Waals surface area contributed by atoms with E-state index >= 15 is 0 Å². The van der Waals surface area contributed by atoms with Crippen LogP contribution in [0.4, 0.5) is 0 Å². The number of halogens is 1. The Labute approximate surface area is 124 Å². The summed E-state index contributed by atoms with van der Waals surface area (Å²) in [5, 5.41) is 2.80. The molecule has 1 fully saturated rings. The zero-order chi connectivity index (χ0) is 13.0. The van der Waals surface area contributed by atoms with Crippen molar-refractivity contribution in [1.29, 1.82) is 0 Å². The van der Waals surface area contributed by atoms with Crippen LogP contribution in [-0.4, -0.2) is 60.5 Å². The SMILES string of the molecule is CN1CCCN(C(=O)c2csc(CCN)n2)CC1.Cl. The topological polar surface area (TPSA) is 62.5 Å². The molecule has 0 radical (unpaired) electrons. The molecule has 0 bridgehead atoms. The van der Waals surface area contributed by atoms with Crippen LogP contribution in [0.15, 0.2) is 5.38 Å². The molecule has 0 aliphatic carbocycles. The molecule has 5 nitrogen and oxygen atoms in total. The van der Waals surface area contributed by atoms with Gasteiger partial charge in [-0.25, -0.2) is 4.98 Å². The number of carbonyl (C=O) groups is 1. The molecule has 1 aromatic heterocycles. The first-order valence-corrected chi connectivity index (χ1v) is 7.21. The van der Waals surface area contributed by atoms with Crippen molar-refractivity contribution in [1.82, 2.24) is 14.8 Å². The van der Waals surface area contributed by atoms with Gasteiger partial charge < -0.3 is 15.5 Å². The number of aromatic nitrogens is 1. The molecule has 1 amide bonds. The first kappa shape index (κ1) is 16.4. The Morgan fingerprint density at radius 2 is 2.21 bits per heavy atom. The van der Waals surface area contributed by atoms with Gasteiger partial charge in [-0.15, -0.1) is 23.7 Å². The lowest BCUT2D eigenvalue weighted by Crippen LogP contribution is -2.34. The zero-order valence-electron chi connectivity index (χ0n) is 11.2. The van der Waals surface area contributed by atoms with E-state index in [0.29, 0.717) is 12.2 Å². The van der Waals surface area contributed by atoms with Crippen molar-refractivity contribution in [3.63, 3.8) is 0 Å². The van der Waals surface area contributed by atoms with Crippen molar-refractivity contribution in [2.24, 2.45) is 5.73 Å². The van der Waals surface area contributed by atoms with Crippen LogP contribution in [0.3, 0.4) is 0 Å². The molecule has 1 aliphatic rings. The van der Waals surface area contributed by atoms with E-state index in [1.807, 2.05) is 10.3 Å². The van der Waals surface area contributed by atoms with Crippen LogP contribution in [0.5, 0.6) is 0 Å². The molecule has 2 N–H and O–H groups in total. The quantitative estimate of drug-likeness (QED) is 0.899. The van der Waals surface area contributed by atoms with Gasteiger partial charge in [0.15, 0.2) is 0 Å². The van der Waals surface area contributed by atoms with Crippen molar-refractivity contribution >= 4 is 29.7 Å². The first-order chi connectivity index (χ1) is 8.70. The molecule has 0 spiro atoms. The third-order valence-electron chi connectivity index (χ3n) is 3.14. The van der Waals surface area contributed by atoms with Gasteiger partial charge in [0, 0.05) is 31.4 Å². The second-order valence-corrected chi connectivity index (χ2v) is 5.56. The predicted octanol–water partition coefficient (Wildman–Crippen LogP) is 0.844. The average Bonchev–Trinajstić information content (AvgIpc) is 2.71. The summed E-state index contributed by atoms with van der Waals surface area (Å²) in [6, 6.07) is 0. The predicted molar refractivity (Wildman–Crippen MR) is 80.1 cm³/mol. The fraction of sp³-hybridized carbons (Fsp3) is 0.667. The van der Waals surface area contributed by atoms with E-state index in [2.05, 4.69) is 16.9 Å². The van der Waals surface area contributed by atoms with Crippen LogP contribution < -0.4 is 5.73 Å². The Morgan fingerprint density at radius 1 is 1.42 bits per heavy atom. The fourth-order valence-corrected chi connectivity index (χ4v) is 2.85. The number of thiazole rings is 1. The summed E-state index contributed by atoms with van der Waals surface area (Å²) in [4.78, 5) is 20.8. The third-order valence-corrected chi connectivity index (χ3v) is 4.04. The van der Waals surface area contributed by atoms with Gasteiger partial charge in [-0.2, -0.15) is 0 Å². The maximum Gasteiger partial charge on any atom is 0.273 e. The average molecular weight is 305 g/mol. The number of hydrogen-bond acceptors (Lipinski definition) is 5. The van der Waals surface area contributed by atoms with Gasteiger partial charge in [0.05, 0.1) is 5.01 Å². The molecule has 19 heavy (non-hydrogen) atoms. The van der Waals surface area contributed by atoms with Crippen molar-refractivity contribution < 1.29 is 4.79 Å². The Morgan fingerprint density at radius 3 is 2.95 bits per heavy atom. The maximum absolute atomic E-state index is 12.3. The summed E-state index contributed by atoms with van der Waals surface area (Å²) < 4.78 is 0. The van der Waals surface area contributed by atoms with Gasteiger partial charge in [-0.1, -0.05) is 0 Å². The molecule has 7 heteroatoms. The van der Waals surface area contributed by atoms with Gasteiger partial charge in [0.1, 0.15) is 5.69 Å². The van der Waals surface area contributed by atoms with Crippen LogP contribution in [0, 0.1) is 0 Å². The highest BCUT2D eigenvalue weighted by molar-refractivity contribution is 7.09. The van der Waals surface area contributed by atoms with E-state index in [1.54, 1.807) is 0 Å². The minimum Gasteiger partial charge on any atom is -0.336 e. The van der Waals surface area contributed by atoms with Gasteiger partial charge in [-0.3, -0.25) is 4.79 Å². The fourth-order valence-electron chi connectivity index (χ4n) is 2.06. The summed E-state index contributed by atoms with van der Waals surface area (Å²) in [6.45, 7) is 4.19. The van der Waals surface area contributed by atoms with Crippen molar-refractivity contribution in [3.8, 4) is 0 Å². The summed E-state index contributed by atoms with van der Waals surface area (Å²) in [7, 11) is 2.09. The molecule has 2 rings (SSSR count). The smallest absolute Gasteiger partial charge is 0.273 e. The monoisotopic (exact) mass is 304 g/mol. The van der Waals surface area contributed by atoms with Crippen LogP contribution >= 0.6 is 23.7 Å². The largest absolute Gasteiger partial charge is 0.336 e. The lowest BCUT2D eigenvalue weighted by molar-refractivity contribution is 0.0757. The molecule has 108 valence electrons. The zero-order valence-corrected chi connectivity index (χ0v) is 12.8. The minimum atomic E-state index is 0. The highest BCUT2D eigenvalue weighted by Gasteiger charge is 2.20. The van der Waals surface area contributed by atoms with Gasteiger partial charge in [0.25, 0.3) is 5.91 Å². The molecule has 1 aliphatic heterocycles. The van der Waals surface area contributed by atoms with Crippen LogP contribution in [-0.2, 0) is 6.42 Å². The van der Waals surface area contributed by atoms with Crippen LogP contribution in [0.2, 0.25) is 0 Å². The van der Waals surface area contributed by atoms with Crippen molar-refractivity contribution in [2.75, 3.05) is 39.8 Å². The molecule has 0 atom stereocenters. The van der Waals surface area contributed by atoms with E-state index < -0.39 is 0 Å². The molecular weight excluding hydrogens is 284 g/mol. The second kappa shape index (κ2) is 7.79. The van der Waals surface area contributed by atoms with Crippen molar-refractivity contribution in [3.05, 3.63) is 16.1 Å². The molecule has 2 heterocycles. The molecule has 0 aromatic carbocycles. The second-order valence-electron chi connectivity index (χ2n) is 4.61. The maximum atomic E-state index is 12.3. The molecule has 0 saturated carbocycles. The number of likely N-dealkylation sites (N-methyl/N-ethyl adjacent to an activating group) is 1. The minimum absolute atomic E-state index is 0. The summed E-state index contributed by atoms with van der Waals surface area (Å²) in [5.41, 5.74) is 6.07. The number of nitrogens with two attached hydrogens (primary N) is 1. The Balaban J connectivity index is 0.00000180. The molecule has 1 aromatic rings. The lowest BCUT2D eigenvalue weighted by Gasteiger charge is -2.19. The third kappa shape index (κ3) is 4.42. The van der Waals surface area contributed by atoms with E-state index in [1.165, 1.54) is 11.3 Å². The highest BCUT2D eigenvalue weighted by Crippen LogP contribution is 2.13. The number of nitrogens with zero attached hydrogens (tertiary/aromatic N) is 3. The van der Waals surface area contributed by atoms with Gasteiger partial charge in [-0.05, 0) is 26.6 Å². The number of rotatable bonds is 3. The van der Waals surface area contributed by atoms with Gasteiger partial charge in [0.2, 0.25) is 0 Å². The van der Waals surface area contributed by atoms with Crippen molar-refractivity contribution in [2.45, 2.75) is 12.8 Å². The summed E-state index contributed by atoms with van der Waals surface area (Å²) in [5.74, 6) is 0.0600. The van der Waals surface area contributed by atoms with E-state index in [4.69, 9.17) is 5.73 Å². The molecular formula is C12H21ClN4OS. The Hall–Kier alpha value is -0.690. The molecule has 1 saturated heterocycles. The summed E-state index contributed by atoms with van der Waals surface area (Å²) >= 11 is 1.52. The van der Waals surface area contributed by atoms with E-state index in [9.17, 15) is 4.79 Å². The Kier molecular flexibility index (Phi) is 6.71. The standard InChI is InChI=1S/C12H20N4OS.ClH/c1-15-5-2-6-16(8-7-15)12(17)10-9-18-11(14-10)3-4-13;/h9H,2-8,13H2,1H3;1H. The van der Waals surface area contributed by atoms with E-state index in [0.717, 1.165) is 44.0 Å². The Bertz CT molecular complexity index is 412. The summed E-state index contributed by atoms with van der Waals surface area (Å²) in [6.07, 6.45) is 1.78. The normalized spacial score (nSPS) is 16.8. The van der Waals surface area contributed by atoms with Crippen LogP contribution in [0.25, 0.3) is 0 Å². The number of hydrogen-bond donors (Lipinski definition) is 1. The molecule has 0 unspecified atom stereocenters. The first-order valence-electron chi connectivity index (χ1n) is 6.33.